The van der Waals surface area contributed by atoms with Gasteiger partial charge in [-0.1, -0.05) is 18.2 Å². The molecule has 1 N–H and O–H groups in total. The predicted octanol–water partition coefficient (Wildman–Crippen LogP) is 2.52. The Bertz CT molecular complexity index is 528. The lowest BCUT2D eigenvalue weighted by Gasteiger charge is -2.26. The molecule has 2 rings (SSSR count). The van der Waals surface area contributed by atoms with Crippen molar-refractivity contribution in [3.05, 3.63) is 42.0 Å². The Morgan fingerprint density at radius 1 is 1.50 bits per heavy atom. The van der Waals surface area contributed by atoms with E-state index in [9.17, 15) is 4.79 Å². The van der Waals surface area contributed by atoms with Crippen molar-refractivity contribution in [1.82, 2.24) is 10.2 Å². The van der Waals surface area contributed by atoms with Gasteiger partial charge in [0.15, 0.2) is 0 Å². The Morgan fingerprint density at radius 3 is 3.05 bits per heavy atom. The molecule has 4 nitrogen and oxygen atoms in total. The standard InChI is InChI=1S/C18H26N2O2/c1-4-6-16-11-15(7-8-17(16)22-5-2)13-20-10-9-18(21)19-12-14(20)3/h4,7-8,11,14H,1,5-6,9-10,12-13H2,2-3H3,(H,19,21)/t14-/m0/s1. The van der Waals surface area contributed by atoms with Crippen LogP contribution >= 0.6 is 0 Å². The summed E-state index contributed by atoms with van der Waals surface area (Å²) in [5.74, 6) is 1.08. The lowest BCUT2D eigenvalue weighted by molar-refractivity contribution is -0.120. The van der Waals surface area contributed by atoms with Gasteiger partial charge in [0.25, 0.3) is 0 Å². The SMILES string of the molecule is C=CCc1cc(CN2CCC(=O)NC[C@@H]2C)ccc1OCC. The Kier molecular flexibility index (Phi) is 6.01. The van der Waals surface area contributed by atoms with Crippen LogP contribution in [0.5, 0.6) is 5.75 Å². The number of nitrogens with one attached hydrogen (secondary N) is 1. The first kappa shape index (κ1) is 16.6. The van der Waals surface area contributed by atoms with E-state index in [1.807, 2.05) is 19.1 Å². The first-order chi connectivity index (χ1) is 10.6. The second-order valence-electron chi connectivity index (χ2n) is 5.74. The van der Waals surface area contributed by atoms with Crippen LogP contribution in [0.4, 0.5) is 0 Å². The monoisotopic (exact) mass is 302 g/mol. The van der Waals surface area contributed by atoms with Crippen LogP contribution in [0, 0.1) is 0 Å². The number of amides is 1. The van der Waals surface area contributed by atoms with Crippen molar-refractivity contribution in [3.63, 3.8) is 0 Å². The first-order valence-corrected chi connectivity index (χ1v) is 8.00. The summed E-state index contributed by atoms with van der Waals surface area (Å²) in [4.78, 5) is 13.9. The Hall–Kier alpha value is -1.81. The first-order valence-electron chi connectivity index (χ1n) is 8.00. The topological polar surface area (TPSA) is 41.6 Å². The van der Waals surface area contributed by atoms with Crippen LogP contribution in [0.25, 0.3) is 0 Å². The summed E-state index contributed by atoms with van der Waals surface area (Å²) in [5.41, 5.74) is 2.42. The fourth-order valence-corrected chi connectivity index (χ4v) is 2.76. The molecule has 0 aromatic heterocycles. The van der Waals surface area contributed by atoms with Crippen LogP contribution in [0.15, 0.2) is 30.9 Å². The van der Waals surface area contributed by atoms with E-state index in [0.717, 1.165) is 31.8 Å². The minimum atomic E-state index is 0.147. The summed E-state index contributed by atoms with van der Waals surface area (Å²) < 4.78 is 5.67. The Labute approximate surface area is 133 Å². The van der Waals surface area contributed by atoms with Crippen LogP contribution in [-0.4, -0.2) is 36.5 Å². The van der Waals surface area contributed by atoms with E-state index in [0.29, 0.717) is 19.1 Å². The smallest absolute Gasteiger partial charge is 0.221 e. The van der Waals surface area contributed by atoms with Crippen LogP contribution in [0.2, 0.25) is 0 Å². The van der Waals surface area contributed by atoms with E-state index in [1.165, 1.54) is 11.1 Å². The summed E-state index contributed by atoms with van der Waals surface area (Å²) in [6.07, 6.45) is 3.28. The zero-order chi connectivity index (χ0) is 15.9. The Morgan fingerprint density at radius 2 is 2.32 bits per heavy atom. The van der Waals surface area contributed by atoms with E-state index in [4.69, 9.17) is 4.74 Å². The van der Waals surface area contributed by atoms with Gasteiger partial charge in [-0.3, -0.25) is 9.69 Å². The van der Waals surface area contributed by atoms with Gasteiger partial charge in [0.05, 0.1) is 6.61 Å². The van der Waals surface area contributed by atoms with Crippen LogP contribution < -0.4 is 10.1 Å². The molecule has 1 aliphatic rings. The largest absolute Gasteiger partial charge is 0.494 e. The second-order valence-corrected chi connectivity index (χ2v) is 5.74. The molecule has 120 valence electrons. The molecule has 22 heavy (non-hydrogen) atoms. The van der Waals surface area contributed by atoms with E-state index < -0.39 is 0 Å². The van der Waals surface area contributed by atoms with Crippen LogP contribution in [0.1, 0.15) is 31.4 Å². The molecule has 0 saturated carbocycles. The molecule has 1 aromatic rings. The van der Waals surface area contributed by atoms with E-state index >= 15 is 0 Å². The molecule has 1 aromatic carbocycles. The second kappa shape index (κ2) is 7.99. The van der Waals surface area contributed by atoms with Gasteiger partial charge in [0.2, 0.25) is 5.91 Å². The quantitative estimate of drug-likeness (QED) is 0.821. The molecule has 1 fully saturated rings. The highest BCUT2D eigenvalue weighted by Crippen LogP contribution is 2.23. The molecule has 1 amide bonds. The van der Waals surface area contributed by atoms with Crippen LogP contribution in [-0.2, 0) is 17.8 Å². The van der Waals surface area contributed by atoms with Crippen molar-refractivity contribution >= 4 is 5.91 Å². The highest BCUT2D eigenvalue weighted by atomic mass is 16.5. The summed E-state index contributed by atoms with van der Waals surface area (Å²) >= 11 is 0. The average molecular weight is 302 g/mol. The van der Waals surface area contributed by atoms with Gasteiger partial charge in [-0.25, -0.2) is 0 Å². The number of hydrogen-bond donors (Lipinski definition) is 1. The van der Waals surface area contributed by atoms with Crippen molar-refractivity contribution in [3.8, 4) is 5.75 Å². The van der Waals surface area contributed by atoms with Gasteiger partial charge in [-0.15, -0.1) is 6.58 Å². The normalized spacial score (nSPS) is 19.4. The molecule has 1 aliphatic heterocycles. The summed E-state index contributed by atoms with van der Waals surface area (Å²) in [7, 11) is 0. The average Bonchev–Trinajstić information content (AvgIpc) is 2.66. The van der Waals surface area contributed by atoms with Crippen molar-refractivity contribution < 1.29 is 9.53 Å². The number of benzene rings is 1. The van der Waals surface area contributed by atoms with Gasteiger partial charge < -0.3 is 10.1 Å². The predicted molar refractivity (Wildman–Crippen MR) is 89.0 cm³/mol. The number of hydrogen-bond acceptors (Lipinski definition) is 3. The molecule has 0 radical (unpaired) electrons. The number of rotatable bonds is 6. The molecule has 0 bridgehead atoms. The number of nitrogens with zero attached hydrogens (tertiary/aromatic N) is 1. The maximum absolute atomic E-state index is 11.5. The minimum Gasteiger partial charge on any atom is -0.494 e. The van der Waals surface area contributed by atoms with Gasteiger partial charge in [-0.2, -0.15) is 0 Å². The lowest BCUT2D eigenvalue weighted by atomic mass is 10.1. The molecular weight excluding hydrogens is 276 g/mol. The number of carbonyl (C=O) groups is 1. The fraction of sp³-hybridized carbons (Fsp3) is 0.500. The van der Waals surface area contributed by atoms with Gasteiger partial charge in [0.1, 0.15) is 5.75 Å². The van der Waals surface area contributed by atoms with E-state index in [-0.39, 0.29) is 5.91 Å². The minimum absolute atomic E-state index is 0.147. The molecular formula is C18H26N2O2. The highest BCUT2D eigenvalue weighted by molar-refractivity contribution is 5.76. The highest BCUT2D eigenvalue weighted by Gasteiger charge is 2.20. The molecule has 1 heterocycles. The third-order valence-electron chi connectivity index (χ3n) is 4.02. The summed E-state index contributed by atoms with van der Waals surface area (Å²) in [6.45, 7) is 11.0. The third-order valence-corrected chi connectivity index (χ3v) is 4.02. The van der Waals surface area contributed by atoms with Gasteiger partial charge in [-0.05, 0) is 37.5 Å². The number of ether oxygens (including phenoxy) is 1. The van der Waals surface area contributed by atoms with Crippen molar-refractivity contribution in [2.45, 2.75) is 39.3 Å². The maximum Gasteiger partial charge on any atom is 0.221 e. The Balaban J connectivity index is 2.12. The summed E-state index contributed by atoms with van der Waals surface area (Å²) in [5, 5.41) is 2.95. The summed E-state index contributed by atoms with van der Waals surface area (Å²) in [6, 6.07) is 6.70. The molecule has 0 unspecified atom stereocenters. The van der Waals surface area contributed by atoms with Crippen molar-refractivity contribution in [1.29, 1.82) is 0 Å². The molecule has 1 atom stereocenters. The molecule has 0 aliphatic carbocycles. The van der Waals surface area contributed by atoms with E-state index in [1.54, 1.807) is 0 Å². The van der Waals surface area contributed by atoms with Gasteiger partial charge in [0, 0.05) is 32.1 Å². The van der Waals surface area contributed by atoms with Crippen molar-refractivity contribution in [2.24, 2.45) is 0 Å². The molecule has 1 saturated heterocycles. The fourth-order valence-electron chi connectivity index (χ4n) is 2.76. The lowest BCUT2D eigenvalue weighted by Crippen LogP contribution is -2.37. The third kappa shape index (κ3) is 4.34. The molecule has 0 spiro atoms. The zero-order valence-electron chi connectivity index (χ0n) is 13.6. The van der Waals surface area contributed by atoms with Gasteiger partial charge >= 0.3 is 0 Å². The number of allylic oxidation sites excluding steroid dienone is 1. The van der Waals surface area contributed by atoms with Crippen molar-refractivity contribution in [2.75, 3.05) is 19.7 Å². The van der Waals surface area contributed by atoms with Crippen LogP contribution in [0.3, 0.4) is 0 Å². The zero-order valence-corrected chi connectivity index (χ0v) is 13.6. The maximum atomic E-state index is 11.5. The number of carbonyl (C=O) groups excluding carboxylic acids is 1. The molecule has 4 heteroatoms. The van der Waals surface area contributed by atoms with E-state index in [2.05, 4.69) is 35.9 Å².